The lowest BCUT2D eigenvalue weighted by Crippen LogP contribution is -2.49. The van der Waals surface area contributed by atoms with Crippen molar-refractivity contribution >= 4 is 27.3 Å². The Labute approximate surface area is 165 Å². The molecule has 152 valence electrons. The van der Waals surface area contributed by atoms with E-state index < -0.39 is 16.1 Å². The number of likely N-dealkylation sites (tertiary alicyclic amines) is 1. The maximum Gasteiger partial charge on any atom is 0.250 e. The summed E-state index contributed by atoms with van der Waals surface area (Å²) in [6.45, 7) is 7.81. The van der Waals surface area contributed by atoms with E-state index in [0.29, 0.717) is 19.0 Å². The zero-order valence-electron chi connectivity index (χ0n) is 15.8. The van der Waals surface area contributed by atoms with Crippen molar-refractivity contribution in [3.05, 3.63) is 17.5 Å². The van der Waals surface area contributed by atoms with Gasteiger partial charge in [0, 0.05) is 26.2 Å². The van der Waals surface area contributed by atoms with Crippen LogP contribution in [0.25, 0.3) is 0 Å². The molecule has 0 bridgehead atoms. The Morgan fingerprint density at radius 3 is 2.63 bits per heavy atom. The first-order chi connectivity index (χ1) is 13.0. The molecule has 0 spiro atoms. The molecule has 1 aromatic heterocycles. The molecule has 0 radical (unpaired) electrons. The van der Waals surface area contributed by atoms with Gasteiger partial charge in [-0.15, -0.1) is 11.3 Å². The summed E-state index contributed by atoms with van der Waals surface area (Å²) in [6, 6.07) is 2.49. The van der Waals surface area contributed by atoms with Crippen LogP contribution in [0.15, 0.2) is 21.7 Å². The lowest BCUT2D eigenvalue weighted by Gasteiger charge is -2.35. The normalized spacial score (nSPS) is 21.3. The van der Waals surface area contributed by atoms with Crippen LogP contribution in [-0.4, -0.2) is 76.1 Å². The van der Waals surface area contributed by atoms with Gasteiger partial charge in [0.1, 0.15) is 4.21 Å². The van der Waals surface area contributed by atoms with Crippen LogP contribution in [0, 0.1) is 5.92 Å². The molecule has 0 saturated carbocycles. The highest BCUT2D eigenvalue weighted by molar-refractivity contribution is 7.91. The second kappa shape index (κ2) is 9.47. The Balaban J connectivity index is 1.42. The molecule has 2 aliphatic heterocycles. The van der Waals surface area contributed by atoms with Crippen LogP contribution in [-0.2, 0) is 19.6 Å². The van der Waals surface area contributed by atoms with Crippen molar-refractivity contribution in [1.29, 1.82) is 0 Å². The number of ether oxygens (including phenoxy) is 1. The van der Waals surface area contributed by atoms with E-state index in [1.165, 1.54) is 0 Å². The molecule has 3 heterocycles. The molecule has 7 nitrogen and oxygen atoms in total. The van der Waals surface area contributed by atoms with E-state index in [1.54, 1.807) is 29.3 Å². The number of rotatable bonds is 7. The molecule has 2 saturated heterocycles. The highest BCUT2D eigenvalue weighted by Gasteiger charge is 2.29. The van der Waals surface area contributed by atoms with Crippen LogP contribution >= 0.6 is 11.3 Å². The summed E-state index contributed by atoms with van der Waals surface area (Å²) >= 11 is 1.15. The van der Waals surface area contributed by atoms with Gasteiger partial charge in [-0.3, -0.25) is 9.69 Å². The third-order valence-electron chi connectivity index (χ3n) is 5.35. The van der Waals surface area contributed by atoms with Crippen molar-refractivity contribution in [1.82, 2.24) is 14.5 Å². The lowest BCUT2D eigenvalue weighted by molar-refractivity contribution is -0.134. The van der Waals surface area contributed by atoms with Crippen LogP contribution in [0.4, 0.5) is 0 Å². The van der Waals surface area contributed by atoms with E-state index in [2.05, 4.69) is 9.62 Å². The van der Waals surface area contributed by atoms with Gasteiger partial charge in [-0.1, -0.05) is 6.07 Å². The number of hydrogen-bond acceptors (Lipinski definition) is 6. The van der Waals surface area contributed by atoms with Gasteiger partial charge < -0.3 is 9.64 Å². The number of morpholine rings is 1. The van der Waals surface area contributed by atoms with Crippen LogP contribution < -0.4 is 4.72 Å². The van der Waals surface area contributed by atoms with E-state index in [-0.39, 0.29) is 10.1 Å². The van der Waals surface area contributed by atoms with Gasteiger partial charge in [-0.2, -0.15) is 4.72 Å². The molecular formula is C18H29N3O4S2. The number of piperidine rings is 1. The Morgan fingerprint density at radius 1 is 1.30 bits per heavy atom. The highest BCUT2D eigenvalue weighted by atomic mass is 32.2. The number of sulfonamides is 1. The zero-order valence-corrected chi connectivity index (χ0v) is 17.4. The number of thiophene rings is 1. The largest absolute Gasteiger partial charge is 0.379 e. The average Bonchev–Trinajstić information content (AvgIpc) is 3.22. The number of amides is 1. The van der Waals surface area contributed by atoms with E-state index in [9.17, 15) is 13.2 Å². The maximum absolute atomic E-state index is 12.6. The molecule has 9 heteroatoms. The molecule has 0 aliphatic carbocycles. The molecule has 2 aliphatic rings. The first kappa shape index (κ1) is 20.7. The third kappa shape index (κ3) is 5.74. The summed E-state index contributed by atoms with van der Waals surface area (Å²) in [4.78, 5) is 16.9. The van der Waals surface area contributed by atoms with Crippen molar-refractivity contribution in [2.45, 2.75) is 36.4 Å². The maximum atomic E-state index is 12.6. The van der Waals surface area contributed by atoms with Crippen molar-refractivity contribution in [2.24, 2.45) is 5.92 Å². The molecule has 0 aromatic carbocycles. The molecule has 2 fully saturated rings. The van der Waals surface area contributed by atoms with Gasteiger partial charge in [0.15, 0.2) is 0 Å². The Kier molecular flexibility index (Phi) is 7.27. The van der Waals surface area contributed by atoms with E-state index in [4.69, 9.17) is 4.74 Å². The predicted molar refractivity (Wildman–Crippen MR) is 105 cm³/mol. The van der Waals surface area contributed by atoms with Gasteiger partial charge in [0.05, 0.1) is 19.3 Å². The second-order valence-electron chi connectivity index (χ2n) is 7.29. The van der Waals surface area contributed by atoms with Crippen LogP contribution in [0.2, 0.25) is 0 Å². The van der Waals surface area contributed by atoms with Gasteiger partial charge >= 0.3 is 0 Å². The molecule has 1 atom stereocenters. The number of carbonyl (C=O) groups excluding carboxylic acids is 1. The molecule has 27 heavy (non-hydrogen) atoms. The van der Waals surface area contributed by atoms with E-state index in [1.807, 2.05) is 0 Å². The standard InChI is InChI=1S/C18H29N3O4S2/c1-15(19-27(23,24)17-3-2-14-26-17)18(22)21-8-5-16(6-9-21)4-7-20-10-12-25-13-11-20/h2-3,14-16,19H,4-13H2,1H3. The predicted octanol–water partition coefficient (Wildman–Crippen LogP) is 1.38. The fraction of sp³-hybridized carbons (Fsp3) is 0.722. The fourth-order valence-corrected chi connectivity index (χ4v) is 5.87. The fourth-order valence-electron chi connectivity index (χ4n) is 3.66. The molecule has 1 N–H and O–H groups in total. The number of nitrogens with zero attached hydrogens (tertiary/aromatic N) is 2. The second-order valence-corrected chi connectivity index (χ2v) is 10.2. The van der Waals surface area contributed by atoms with Crippen molar-refractivity contribution in [2.75, 3.05) is 45.9 Å². The lowest BCUT2D eigenvalue weighted by atomic mass is 9.93. The van der Waals surface area contributed by atoms with Crippen LogP contribution in [0.5, 0.6) is 0 Å². The zero-order chi connectivity index (χ0) is 19.3. The van der Waals surface area contributed by atoms with E-state index >= 15 is 0 Å². The van der Waals surface area contributed by atoms with Crippen LogP contribution in [0.1, 0.15) is 26.2 Å². The SMILES string of the molecule is CC(NS(=O)(=O)c1cccs1)C(=O)N1CCC(CCN2CCOCC2)CC1. The van der Waals surface area contributed by atoms with Gasteiger partial charge in [0.25, 0.3) is 10.0 Å². The summed E-state index contributed by atoms with van der Waals surface area (Å²) in [5.41, 5.74) is 0. The summed E-state index contributed by atoms with van der Waals surface area (Å²) in [7, 11) is -3.63. The quantitative estimate of drug-likeness (QED) is 0.728. The first-order valence-corrected chi connectivity index (χ1v) is 12.0. The minimum absolute atomic E-state index is 0.137. The topological polar surface area (TPSA) is 79.0 Å². The molecular weight excluding hydrogens is 386 g/mol. The summed E-state index contributed by atoms with van der Waals surface area (Å²) in [5.74, 6) is 0.497. The van der Waals surface area contributed by atoms with Crippen molar-refractivity contribution < 1.29 is 17.9 Å². The minimum atomic E-state index is -3.63. The summed E-state index contributed by atoms with van der Waals surface area (Å²) < 4.78 is 32.7. The molecule has 1 amide bonds. The Bertz CT molecular complexity index is 694. The number of carbonyl (C=O) groups is 1. The van der Waals surface area contributed by atoms with Gasteiger partial charge in [-0.25, -0.2) is 8.42 Å². The number of hydrogen-bond donors (Lipinski definition) is 1. The minimum Gasteiger partial charge on any atom is -0.379 e. The van der Waals surface area contributed by atoms with E-state index in [0.717, 1.165) is 63.4 Å². The summed E-state index contributed by atoms with van der Waals surface area (Å²) in [5, 5.41) is 1.71. The summed E-state index contributed by atoms with van der Waals surface area (Å²) in [6.07, 6.45) is 3.13. The van der Waals surface area contributed by atoms with Crippen molar-refractivity contribution in [3.63, 3.8) is 0 Å². The molecule has 3 rings (SSSR count). The van der Waals surface area contributed by atoms with Crippen molar-refractivity contribution in [3.8, 4) is 0 Å². The Morgan fingerprint density at radius 2 is 2.00 bits per heavy atom. The first-order valence-electron chi connectivity index (χ1n) is 9.60. The van der Waals surface area contributed by atoms with Gasteiger partial charge in [-0.05, 0) is 50.1 Å². The smallest absolute Gasteiger partial charge is 0.250 e. The Hall–Kier alpha value is -1.00. The third-order valence-corrected chi connectivity index (χ3v) is 8.28. The van der Waals surface area contributed by atoms with Gasteiger partial charge in [0.2, 0.25) is 5.91 Å². The monoisotopic (exact) mass is 415 g/mol. The highest BCUT2D eigenvalue weighted by Crippen LogP contribution is 2.22. The molecule has 1 unspecified atom stereocenters. The molecule has 1 aromatic rings. The van der Waals surface area contributed by atoms with Crippen LogP contribution in [0.3, 0.4) is 0 Å². The number of nitrogens with one attached hydrogen (secondary N) is 1. The average molecular weight is 416 g/mol.